The van der Waals surface area contributed by atoms with E-state index >= 15 is 0 Å². The number of thioether (sulfide) groups is 1. The summed E-state index contributed by atoms with van der Waals surface area (Å²) in [5.74, 6) is -0.388. The molecule has 1 rings (SSSR count). The highest BCUT2D eigenvalue weighted by Crippen LogP contribution is 2.26. The summed E-state index contributed by atoms with van der Waals surface area (Å²) in [7, 11) is 0. The van der Waals surface area contributed by atoms with E-state index in [1.807, 2.05) is 12.1 Å². The zero-order chi connectivity index (χ0) is 13.4. The molecule has 1 aromatic carbocycles. The van der Waals surface area contributed by atoms with Crippen LogP contribution in [0.25, 0.3) is 0 Å². The first-order valence-electron chi connectivity index (χ1n) is 5.54. The lowest BCUT2D eigenvalue weighted by molar-refractivity contribution is -0.116. The summed E-state index contributed by atoms with van der Waals surface area (Å²) in [5.41, 5.74) is 5.74. The number of para-hydroxylation sites is 1. The Bertz CT molecular complexity index is 424. The third-order valence-electron chi connectivity index (χ3n) is 2.09. The van der Waals surface area contributed by atoms with Crippen molar-refractivity contribution in [2.24, 2.45) is 5.73 Å². The van der Waals surface area contributed by atoms with Crippen LogP contribution in [-0.2, 0) is 9.59 Å². The fourth-order valence-electron chi connectivity index (χ4n) is 1.30. The third-order valence-corrected chi connectivity index (χ3v) is 3.19. The Morgan fingerprint density at radius 3 is 2.72 bits per heavy atom. The lowest BCUT2D eigenvalue weighted by atomic mass is 10.2. The molecular formula is C12H16N2O3S. The largest absolute Gasteiger partial charge is 0.396 e. The molecule has 4 N–H and O–H groups in total. The summed E-state index contributed by atoms with van der Waals surface area (Å²) in [6, 6.07) is 7.21. The van der Waals surface area contributed by atoms with Gasteiger partial charge in [-0.25, -0.2) is 0 Å². The average Bonchev–Trinajstić information content (AvgIpc) is 2.35. The number of aliphatic hydroxyl groups is 1. The van der Waals surface area contributed by atoms with Gasteiger partial charge in [-0.15, -0.1) is 11.8 Å². The van der Waals surface area contributed by atoms with Crippen LogP contribution in [-0.4, -0.2) is 29.3 Å². The highest BCUT2D eigenvalue weighted by atomic mass is 32.2. The minimum atomic E-state index is -0.401. The van der Waals surface area contributed by atoms with Crippen LogP contribution in [0.4, 0.5) is 5.69 Å². The maximum Gasteiger partial charge on any atom is 0.227 e. The molecule has 1 aromatic rings. The molecule has 0 unspecified atom stereocenters. The Hall–Kier alpha value is -1.53. The first kappa shape index (κ1) is 14.5. The topological polar surface area (TPSA) is 92.4 Å². The van der Waals surface area contributed by atoms with Gasteiger partial charge in [-0.05, 0) is 18.6 Å². The summed E-state index contributed by atoms with van der Waals surface area (Å²) >= 11 is 1.28. The molecule has 98 valence electrons. The first-order valence-corrected chi connectivity index (χ1v) is 6.53. The maximum atomic E-state index is 11.5. The van der Waals surface area contributed by atoms with Crippen molar-refractivity contribution in [2.75, 3.05) is 17.7 Å². The van der Waals surface area contributed by atoms with Crippen molar-refractivity contribution in [1.29, 1.82) is 0 Å². The smallest absolute Gasteiger partial charge is 0.227 e. The van der Waals surface area contributed by atoms with Gasteiger partial charge in [-0.2, -0.15) is 0 Å². The van der Waals surface area contributed by atoms with Crippen LogP contribution >= 0.6 is 11.8 Å². The second-order valence-corrected chi connectivity index (χ2v) is 4.64. The zero-order valence-electron chi connectivity index (χ0n) is 9.89. The van der Waals surface area contributed by atoms with Gasteiger partial charge in [0.1, 0.15) is 0 Å². The molecular weight excluding hydrogens is 252 g/mol. The minimum absolute atomic E-state index is 0.00844. The van der Waals surface area contributed by atoms with Crippen molar-refractivity contribution in [3.63, 3.8) is 0 Å². The van der Waals surface area contributed by atoms with E-state index in [0.717, 1.165) is 4.90 Å². The number of aliphatic hydroxyl groups excluding tert-OH is 1. The van der Waals surface area contributed by atoms with Gasteiger partial charge < -0.3 is 16.2 Å². The number of hydrogen-bond acceptors (Lipinski definition) is 4. The van der Waals surface area contributed by atoms with Gasteiger partial charge in [0.2, 0.25) is 11.8 Å². The molecule has 0 aliphatic rings. The second kappa shape index (κ2) is 7.73. The van der Waals surface area contributed by atoms with Gasteiger partial charge in [-0.3, -0.25) is 9.59 Å². The zero-order valence-corrected chi connectivity index (χ0v) is 10.7. The first-order chi connectivity index (χ1) is 8.63. The standard InChI is InChI=1S/C12H16N2O3S/c13-11(16)8-18-10-5-2-1-4-9(10)14-12(17)6-3-7-15/h1-2,4-5,15H,3,6-8H2,(H2,13,16)(H,14,17). The molecule has 18 heavy (non-hydrogen) atoms. The molecule has 0 aliphatic carbocycles. The molecule has 0 bridgehead atoms. The maximum absolute atomic E-state index is 11.5. The monoisotopic (exact) mass is 268 g/mol. The van der Waals surface area contributed by atoms with Gasteiger partial charge in [0, 0.05) is 17.9 Å². The summed E-state index contributed by atoms with van der Waals surface area (Å²) in [5, 5.41) is 11.4. The van der Waals surface area contributed by atoms with Crippen molar-refractivity contribution in [1.82, 2.24) is 0 Å². The second-order valence-electron chi connectivity index (χ2n) is 3.63. The normalized spacial score (nSPS) is 10.1. The van der Waals surface area contributed by atoms with Gasteiger partial charge in [0.25, 0.3) is 0 Å². The number of primary amides is 1. The Morgan fingerprint density at radius 2 is 2.06 bits per heavy atom. The molecule has 0 radical (unpaired) electrons. The lowest BCUT2D eigenvalue weighted by Gasteiger charge is -2.09. The van der Waals surface area contributed by atoms with Crippen LogP contribution in [0.5, 0.6) is 0 Å². The van der Waals surface area contributed by atoms with Crippen LogP contribution in [0.1, 0.15) is 12.8 Å². The van der Waals surface area contributed by atoms with Gasteiger partial charge >= 0.3 is 0 Å². The van der Waals surface area contributed by atoms with Crippen molar-refractivity contribution < 1.29 is 14.7 Å². The third kappa shape index (κ3) is 5.20. The summed E-state index contributed by atoms with van der Waals surface area (Å²) in [6.07, 6.45) is 0.702. The summed E-state index contributed by atoms with van der Waals surface area (Å²) < 4.78 is 0. The molecule has 6 heteroatoms. The number of hydrogen-bond donors (Lipinski definition) is 3. The highest BCUT2D eigenvalue weighted by Gasteiger charge is 2.07. The van der Waals surface area contributed by atoms with Crippen molar-refractivity contribution in [3.8, 4) is 0 Å². The van der Waals surface area contributed by atoms with E-state index < -0.39 is 5.91 Å². The predicted octanol–water partition coefficient (Wildman–Crippen LogP) is 0.975. The average molecular weight is 268 g/mol. The number of carbonyl (C=O) groups is 2. The molecule has 0 spiro atoms. The molecule has 5 nitrogen and oxygen atoms in total. The van der Waals surface area contributed by atoms with E-state index in [0.29, 0.717) is 12.1 Å². The van der Waals surface area contributed by atoms with E-state index in [2.05, 4.69) is 5.32 Å². The van der Waals surface area contributed by atoms with Gasteiger partial charge in [0.15, 0.2) is 0 Å². The number of carbonyl (C=O) groups excluding carboxylic acids is 2. The van der Waals surface area contributed by atoms with E-state index in [-0.39, 0.29) is 24.7 Å². The van der Waals surface area contributed by atoms with E-state index in [1.54, 1.807) is 12.1 Å². The van der Waals surface area contributed by atoms with E-state index in [9.17, 15) is 9.59 Å². The lowest BCUT2D eigenvalue weighted by Crippen LogP contribution is -2.14. The Kier molecular flexibility index (Phi) is 6.24. The molecule has 0 aliphatic heterocycles. The van der Waals surface area contributed by atoms with Crippen LogP contribution in [0, 0.1) is 0 Å². The number of amides is 2. The molecule has 0 saturated carbocycles. The Balaban J connectivity index is 2.63. The summed E-state index contributed by atoms with van der Waals surface area (Å²) in [6.45, 7) is -0.00844. The fourth-order valence-corrected chi connectivity index (χ4v) is 2.04. The van der Waals surface area contributed by atoms with E-state index in [4.69, 9.17) is 10.8 Å². The van der Waals surface area contributed by atoms with Gasteiger partial charge in [-0.1, -0.05) is 12.1 Å². The number of benzene rings is 1. The van der Waals surface area contributed by atoms with Crippen molar-refractivity contribution in [3.05, 3.63) is 24.3 Å². The number of anilines is 1. The predicted molar refractivity (Wildman–Crippen MR) is 71.3 cm³/mol. The highest BCUT2D eigenvalue weighted by molar-refractivity contribution is 8.00. The minimum Gasteiger partial charge on any atom is -0.396 e. The molecule has 0 fully saturated rings. The van der Waals surface area contributed by atoms with E-state index in [1.165, 1.54) is 11.8 Å². The van der Waals surface area contributed by atoms with Crippen molar-refractivity contribution >= 4 is 29.3 Å². The van der Waals surface area contributed by atoms with Crippen molar-refractivity contribution in [2.45, 2.75) is 17.7 Å². The van der Waals surface area contributed by atoms with Gasteiger partial charge in [0.05, 0.1) is 11.4 Å². The van der Waals surface area contributed by atoms with Crippen LogP contribution < -0.4 is 11.1 Å². The molecule has 0 aromatic heterocycles. The number of nitrogens with two attached hydrogens (primary N) is 1. The SMILES string of the molecule is NC(=O)CSc1ccccc1NC(=O)CCCO. The quantitative estimate of drug-likeness (QED) is 0.643. The molecule has 0 atom stereocenters. The number of rotatable bonds is 7. The summed E-state index contributed by atoms with van der Waals surface area (Å²) in [4.78, 5) is 23.1. The molecule has 0 saturated heterocycles. The van der Waals surface area contributed by atoms with Crippen LogP contribution in [0.3, 0.4) is 0 Å². The van der Waals surface area contributed by atoms with Crippen LogP contribution in [0.15, 0.2) is 29.2 Å². The molecule has 2 amide bonds. The molecule has 0 heterocycles. The Labute approximate surface area is 110 Å². The van der Waals surface area contributed by atoms with Crippen LogP contribution in [0.2, 0.25) is 0 Å². The fraction of sp³-hybridized carbons (Fsp3) is 0.333. The number of nitrogens with one attached hydrogen (secondary N) is 1. The Morgan fingerprint density at radius 1 is 1.33 bits per heavy atom.